The molecule has 0 unspecified atom stereocenters. The molecule has 1 fully saturated rings. The summed E-state index contributed by atoms with van der Waals surface area (Å²) in [6.07, 6.45) is 5.03. The average molecular weight is 396 g/mol. The number of halogens is 1. The summed E-state index contributed by atoms with van der Waals surface area (Å²) in [4.78, 5) is 24.6. The first-order chi connectivity index (χ1) is 12.0. The van der Waals surface area contributed by atoms with Crippen LogP contribution in [0.25, 0.3) is 10.1 Å². The number of hydrogen-bond donors (Lipinski definition) is 3. The van der Waals surface area contributed by atoms with Crippen molar-refractivity contribution in [3.63, 3.8) is 0 Å². The predicted molar refractivity (Wildman–Crippen MR) is 105 cm³/mol. The molecule has 1 heterocycles. The Morgan fingerprint density at radius 1 is 1.20 bits per heavy atom. The van der Waals surface area contributed by atoms with Crippen molar-refractivity contribution in [3.8, 4) is 0 Å². The summed E-state index contributed by atoms with van der Waals surface area (Å²) in [6.45, 7) is 0. The van der Waals surface area contributed by atoms with Crippen LogP contribution in [0.5, 0.6) is 0 Å². The van der Waals surface area contributed by atoms with Crippen molar-refractivity contribution < 1.29 is 9.59 Å². The predicted octanol–water partition coefficient (Wildman–Crippen LogP) is 3.77. The van der Waals surface area contributed by atoms with E-state index in [1.807, 2.05) is 24.3 Å². The fraction of sp³-hybridized carbons (Fsp3) is 0.353. The lowest BCUT2D eigenvalue weighted by Gasteiger charge is -2.12. The highest BCUT2D eigenvalue weighted by atomic mass is 35.5. The molecule has 0 radical (unpaired) electrons. The first-order valence-corrected chi connectivity index (χ1v) is 9.72. The van der Waals surface area contributed by atoms with Crippen molar-refractivity contribution in [2.45, 2.75) is 32.1 Å². The maximum Gasteiger partial charge on any atom is 0.281 e. The third-order valence-electron chi connectivity index (χ3n) is 4.23. The molecule has 0 bridgehead atoms. The molecule has 2 amide bonds. The molecule has 0 spiro atoms. The Bertz CT molecular complexity index is 815. The number of hydrazine groups is 1. The molecule has 25 heavy (non-hydrogen) atoms. The minimum absolute atomic E-state index is 0.0774. The van der Waals surface area contributed by atoms with Gasteiger partial charge in [-0.3, -0.25) is 20.4 Å². The molecule has 132 valence electrons. The number of amides is 2. The normalized spacial score (nSPS) is 14.4. The molecule has 1 aromatic carbocycles. The zero-order valence-corrected chi connectivity index (χ0v) is 15.8. The third kappa shape index (κ3) is 4.48. The topological polar surface area (TPSA) is 70.2 Å². The van der Waals surface area contributed by atoms with Gasteiger partial charge in [-0.05, 0) is 37.0 Å². The molecule has 3 N–H and O–H groups in total. The van der Waals surface area contributed by atoms with Crippen LogP contribution >= 0.6 is 35.2 Å². The van der Waals surface area contributed by atoms with Crippen LogP contribution in [-0.2, 0) is 4.79 Å². The molecule has 3 rings (SSSR count). The molecule has 0 saturated heterocycles. The number of fused-ring (bicyclic) bond motifs is 1. The van der Waals surface area contributed by atoms with Gasteiger partial charge in [-0.25, -0.2) is 0 Å². The van der Waals surface area contributed by atoms with Crippen molar-refractivity contribution in [3.05, 3.63) is 34.2 Å². The molecule has 1 aromatic heterocycles. The minimum Gasteiger partial charge on any atom is -0.302 e. The van der Waals surface area contributed by atoms with Crippen LogP contribution in [0.4, 0.5) is 0 Å². The van der Waals surface area contributed by atoms with E-state index in [0.29, 0.717) is 22.2 Å². The number of thiophene rings is 1. The smallest absolute Gasteiger partial charge is 0.281 e. The van der Waals surface area contributed by atoms with E-state index in [-0.39, 0.29) is 11.0 Å². The van der Waals surface area contributed by atoms with E-state index in [1.165, 1.54) is 24.2 Å². The van der Waals surface area contributed by atoms with Crippen molar-refractivity contribution in [2.24, 2.45) is 5.92 Å². The minimum atomic E-state index is -0.390. The molecule has 1 saturated carbocycles. The fourth-order valence-corrected chi connectivity index (χ4v) is 4.59. The van der Waals surface area contributed by atoms with E-state index < -0.39 is 5.91 Å². The van der Waals surface area contributed by atoms with Crippen molar-refractivity contribution >= 4 is 62.2 Å². The summed E-state index contributed by atoms with van der Waals surface area (Å²) >= 11 is 12.6. The summed E-state index contributed by atoms with van der Waals surface area (Å²) in [5.41, 5.74) is 5.04. The summed E-state index contributed by atoms with van der Waals surface area (Å²) in [6, 6.07) is 7.54. The Morgan fingerprint density at radius 3 is 2.64 bits per heavy atom. The van der Waals surface area contributed by atoms with Gasteiger partial charge >= 0.3 is 0 Å². The monoisotopic (exact) mass is 395 g/mol. The standard InChI is InChI=1S/C17H18ClN3O2S2/c18-14-11-7-3-4-8-12(11)25-15(14)16(23)20-21-17(24)19-13(22)9-10-5-1-2-6-10/h3-4,7-8,10H,1-2,5-6,9H2,(H,20,23)(H2,19,21,22,24). The van der Waals surface area contributed by atoms with Crippen LogP contribution in [-0.4, -0.2) is 16.9 Å². The lowest BCUT2D eigenvalue weighted by atomic mass is 10.0. The van der Waals surface area contributed by atoms with Gasteiger partial charge in [0.1, 0.15) is 4.88 Å². The Morgan fingerprint density at radius 2 is 1.92 bits per heavy atom. The van der Waals surface area contributed by atoms with Crippen LogP contribution < -0.4 is 16.2 Å². The summed E-state index contributed by atoms with van der Waals surface area (Å²) in [7, 11) is 0. The Hall–Kier alpha value is -1.70. The first-order valence-electron chi connectivity index (χ1n) is 8.12. The number of nitrogens with one attached hydrogen (secondary N) is 3. The highest BCUT2D eigenvalue weighted by molar-refractivity contribution is 7.80. The van der Waals surface area contributed by atoms with Gasteiger partial charge in [-0.15, -0.1) is 11.3 Å². The molecule has 2 aromatic rings. The molecule has 1 aliphatic rings. The highest BCUT2D eigenvalue weighted by Crippen LogP contribution is 2.34. The van der Waals surface area contributed by atoms with Gasteiger partial charge in [-0.2, -0.15) is 0 Å². The van der Waals surface area contributed by atoms with Gasteiger partial charge in [0.15, 0.2) is 5.11 Å². The maximum atomic E-state index is 12.3. The van der Waals surface area contributed by atoms with Gasteiger partial charge < -0.3 is 5.32 Å². The third-order valence-corrected chi connectivity index (χ3v) is 6.11. The van der Waals surface area contributed by atoms with Crippen LogP contribution in [0.1, 0.15) is 41.8 Å². The number of carbonyl (C=O) groups is 2. The van der Waals surface area contributed by atoms with Gasteiger partial charge in [0.25, 0.3) is 5.91 Å². The number of hydrogen-bond acceptors (Lipinski definition) is 4. The molecule has 1 aliphatic carbocycles. The van der Waals surface area contributed by atoms with Crippen LogP contribution in [0, 0.1) is 5.92 Å². The lowest BCUT2D eigenvalue weighted by Crippen LogP contribution is -2.48. The van der Waals surface area contributed by atoms with E-state index in [2.05, 4.69) is 16.2 Å². The van der Waals surface area contributed by atoms with Gasteiger partial charge in [0.2, 0.25) is 5.91 Å². The molecule has 5 nitrogen and oxygen atoms in total. The second-order valence-corrected chi connectivity index (χ2v) is 7.89. The molecule has 0 aliphatic heterocycles. The summed E-state index contributed by atoms with van der Waals surface area (Å²) in [5.74, 6) is -0.0770. The lowest BCUT2D eigenvalue weighted by molar-refractivity contribution is -0.120. The number of rotatable bonds is 3. The van der Waals surface area contributed by atoms with Crippen molar-refractivity contribution in [1.82, 2.24) is 16.2 Å². The Labute approximate surface area is 160 Å². The van der Waals surface area contributed by atoms with E-state index in [1.54, 1.807) is 0 Å². The first kappa shape index (κ1) is 18.1. The molecular formula is C17H18ClN3O2S2. The number of thiocarbonyl (C=S) groups is 1. The summed E-state index contributed by atoms with van der Waals surface area (Å²) in [5, 5.41) is 3.92. The van der Waals surface area contributed by atoms with Crippen molar-refractivity contribution in [1.29, 1.82) is 0 Å². The zero-order valence-electron chi connectivity index (χ0n) is 13.4. The highest BCUT2D eigenvalue weighted by Gasteiger charge is 2.20. The SMILES string of the molecule is O=C(CC1CCCC1)NC(=S)NNC(=O)c1sc2ccccc2c1Cl. The quantitative estimate of drug-likeness (QED) is 0.546. The second-order valence-electron chi connectivity index (χ2n) is 6.05. The Kier molecular flexibility index (Phi) is 5.88. The van der Waals surface area contributed by atoms with Crippen molar-refractivity contribution in [2.75, 3.05) is 0 Å². The van der Waals surface area contributed by atoms with E-state index >= 15 is 0 Å². The van der Waals surface area contributed by atoms with Gasteiger partial charge in [0.05, 0.1) is 5.02 Å². The largest absolute Gasteiger partial charge is 0.302 e. The Balaban J connectivity index is 1.51. The van der Waals surface area contributed by atoms with E-state index in [9.17, 15) is 9.59 Å². The molecule has 8 heteroatoms. The van der Waals surface area contributed by atoms with Gasteiger partial charge in [0, 0.05) is 16.5 Å². The number of benzene rings is 1. The van der Waals surface area contributed by atoms with Crippen LogP contribution in [0.2, 0.25) is 5.02 Å². The van der Waals surface area contributed by atoms with Crippen LogP contribution in [0.3, 0.4) is 0 Å². The van der Waals surface area contributed by atoms with E-state index in [0.717, 1.165) is 22.9 Å². The maximum absolute atomic E-state index is 12.3. The zero-order chi connectivity index (χ0) is 17.8. The molecular weight excluding hydrogens is 378 g/mol. The summed E-state index contributed by atoms with van der Waals surface area (Å²) < 4.78 is 0.935. The fourth-order valence-electron chi connectivity index (χ4n) is 3.02. The number of carbonyl (C=O) groups excluding carboxylic acids is 2. The average Bonchev–Trinajstić information content (AvgIpc) is 3.21. The molecule has 0 atom stereocenters. The van der Waals surface area contributed by atoms with Gasteiger partial charge in [-0.1, -0.05) is 42.6 Å². The van der Waals surface area contributed by atoms with Crippen LogP contribution in [0.15, 0.2) is 24.3 Å². The van der Waals surface area contributed by atoms with E-state index in [4.69, 9.17) is 23.8 Å². The second kappa shape index (κ2) is 8.12.